The van der Waals surface area contributed by atoms with Gasteiger partial charge in [-0.25, -0.2) is 4.98 Å². The molecule has 1 aliphatic heterocycles. The molecule has 2 nitrogen and oxygen atoms in total. The van der Waals surface area contributed by atoms with Crippen LogP contribution in [0.25, 0.3) is 0 Å². The van der Waals surface area contributed by atoms with Crippen molar-refractivity contribution in [2.24, 2.45) is 5.92 Å². The van der Waals surface area contributed by atoms with Gasteiger partial charge in [-0.3, -0.25) is 0 Å². The average molecular weight is 176 g/mol. The van der Waals surface area contributed by atoms with Crippen LogP contribution in [0, 0.1) is 5.92 Å². The predicted molar refractivity (Wildman–Crippen MR) is 51.7 cm³/mol. The minimum atomic E-state index is 0.813. The number of aryl methyl sites for hydroxylation is 1. The summed E-state index contributed by atoms with van der Waals surface area (Å²) in [6.07, 6.45) is 7.54. The molecular formula is C11H16N2. The normalized spacial score (nSPS) is 27.3. The lowest BCUT2D eigenvalue weighted by molar-refractivity contribution is 0.409. The second-order valence-electron chi connectivity index (χ2n) is 4.65. The van der Waals surface area contributed by atoms with Gasteiger partial charge < -0.3 is 4.57 Å². The van der Waals surface area contributed by atoms with Crippen molar-refractivity contribution in [2.45, 2.75) is 45.1 Å². The molecule has 1 aliphatic carbocycles. The van der Waals surface area contributed by atoms with Crippen molar-refractivity contribution in [2.75, 3.05) is 0 Å². The molecule has 2 heteroatoms. The molecule has 1 saturated carbocycles. The zero-order valence-corrected chi connectivity index (χ0v) is 8.16. The van der Waals surface area contributed by atoms with Crippen LogP contribution >= 0.6 is 0 Å². The molecule has 1 fully saturated rings. The summed E-state index contributed by atoms with van der Waals surface area (Å²) in [4.78, 5) is 4.73. The quantitative estimate of drug-likeness (QED) is 0.642. The molecular weight excluding hydrogens is 160 g/mol. The molecule has 0 amide bonds. The number of aromatic nitrogens is 2. The van der Waals surface area contributed by atoms with E-state index in [1.165, 1.54) is 43.7 Å². The first kappa shape index (κ1) is 7.60. The summed E-state index contributed by atoms with van der Waals surface area (Å²) < 4.78 is 2.37. The number of nitrogens with zero attached hydrogens (tertiary/aromatic N) is 2. The van der Waals surface area contributed by atoms with Gasteiger partial charge in [-0.1, -0.05) is 6.92 Å². The predicted octanol–water partition coefficient (Wildman–Crippen LogP) is 2.34. The molecule has 70 valence electrons. The number of hydrogen-bond acceptors (Lipinski definition) is 1. The SMILES string of the molecule is C[C@H]1CCn2cc(C3CC3)nc2C1. The molecule has 1 atom stereocenters. The van der Waals surface area contributed by atoms with Crippen molar-refractivity contribution in [3.63, 3.8) is 0 Å². The van der Waals surface area contributed by atoms with Gasteiger partial charge in [0.2, 0.25) is 0 Å². The van der Waals surface area contributed by atoms with E-state index in [9.17, 15) is 0 Å². The van der Waals surface area contributed by atoms with Crippen LogP contribution in [0.15, 0.2) is 6.20 Å². The zero-order chi connectivity index (χ0) is 8.84. The van der Waals surface area contributed by atoms with Crippen LogP contribution < -0.4 is 0 Å². The Morgan fingerprint density at radius 1 is 1.38 bits per heavy atom. The Balaban J connectivity index is 1.93. The summed E-state index contributed by atoms with van der Waals surface area (Å²) in [5, 5.41) is 0. The van der Waals surface area contributed by atoms with E-state index in [-0.39, 0.29) is 0 Å². The van der Waals surface area contributed by atoms with E-state index in [2.05, 4.69) is 17.7 Å². The van der Waals surface area contributed by atoms with Crippen molar-refractivity contribution in [3.05, 3.63) is 17.7 Å². The van der Waals surface area contributed by atoms with Crippen LogP contribution in [0.4, 0.5) is 0 Å². The van der Waals surface area contributed by atoms with Crippen LogP contribution in [0.1, 0.15) is 43.6 Å². The van der Waals surface area contributed by atoms with Crippen molar-refractivity contribution in [1.82, 2.24) is 9.55 Å². The summed E-state index contributed by atoms with van der Waals surface area (Å²) in [7, 11) is 0. The Bertz CT molecular complexity index is 323. The lowest BCUT2D eigenvalue weighted by Gasteiger charge is -2.18. The van der Waals surface area contributed by atoms with Gasteiger partial charge in [0.05, 0.1) is 5.69 Å². The maximum atomic E-state index is 4.73. The first-order valence-electron chi connectivity index (χ1n) is 5.39. The van der Waals surface area contributed by atoms with Gasteiger partial charge in [-0.05, 0) is 25.2 Å². The molecule has 3 rings (SSSR count). The van der Waals surface area contributed by atoms with E-state index in [0.29, 0.717) is 0 Å². The molecule has 0 aromatic carbocycles. The van der Waals surface area contributed by atoms with Gasteiger partial charge in [0.1, 0.15) is 5.82 Å². The van der Waals surface area contributed by atoms with Gasteiger partial charge in [-0.15, -0.1) is 0 Å². The Morgan fingerprint density at radius 3 is 3.00 bits per heavy atom. The van der Waals surface area contributed by atoms with Gasteiger partial charge in [0.15, 0.2) is 0 Å². The third-order valence-corrected chi connectivity index (χ3v) is 3.27. The highest BCUT2D eigenvalue weighted by Crippen LogP contribution is 2.39. The molecule has 2 aliphatic rings. The summed E-state index contributed by atoms with van der Waals surface area (Å²) in [6, 6.07) is 0. The topological polar surface area (TPSA) is 17.8 Å². The number of hydrogen-bond donors (Lipinski definition) is 0. The summed E-state index contributed by atoms with van der Waals surface area (Å²) in [5.74, 6) is 2.98. The Labute approximate surface area is 79.0 Å². The number of rotatable bonds is 1. The van der Waals surface area contributed by atoms with E-state index < -0.39 is 0 Å². The number of imidazole rings is 1. The Morgan fingerprint density at radius 2 is 2.23 bits per heavy atom. The van der Waals surface area contributed by atoms with E-state index in [4.69, 9.17) is 4.98 Å². The molecule has 0 unspecified atom stereocenters. The highest BCUT2D eigenvalue weighted by Gasteiger charge is 2.28. The molecule has 0 bridgehead atoms. The fraction of sp³-hybridized carbons (Fsp3) is 0.727. The minimum Gasteiger partial charge on any atom is -0.335 e. The maximum absolute atomic E-state index is 4.73. The van der Waals surface area contributed by atoms with Gasteiger partial charge in [0.25, 0.3) is 0 Å². The second kappa shape index (κ2) is 2.60. The average Bonchev–Trinajstić information content (AvgIpc) is 2.87. The molecule has 0 saturated heterocycles. The molecule has 0 N–H and O–H groups in total. The smallest absolute Gasteiger partial charge is 0.109 e. The monoisotopic (exact) mass is 176 g/mol. The first-order valence-corrected chi connectivity index (χ1v) is 5.39. The molecule has 2 heterocycles. The second-order valence-corrected chi connectivity index (χ2v) is 4.65. The van der Waals surface area contributed by atoms with Gasteiger partial charge in [0, 0.05) is 25.1 Å². The zero-order valence-electron chi connectivity index (χ0n) is 8.16. The summed E-state index contributed by atoms with van der Waals surface area (Å²) in [6.45, 7) is 3.52. The van der Waals surface area contributed by atoms with Crippen molar-refractivity contribution in [1.29, 1.82) is 0 Å². The third kappa shape index (κ3) is 1.28. The van der Waals surface area contributed by atoms with Crippen LogP contribution in [0.5, 0.6) is 0 Å². The molecule has 0 radical (unpaired) electrons. The Kier molecular flexibility index (Phi) is 1.52. The largest absolute Gasteiger partial charge is 0.335 e. The highest BCUT2D eigenvalue weighted by atomic mass is 15.1. The standard InChI is InChI=1S/C11H16N2/c1-8-4-5-13-7-10(9-2-3-9)12-11(13)6-8/h7-9H,2-6H2,1H3/t8-/m0/s1. The van der Waals surface area contributed by atoms with Crippen LogP contribution in [-0.2, 0) is 13.0 Å². The fourth-order valence-corrected chi connectivity index (χ4v) is 2.18. The van der Waals surface area contributed by atoms with Crippen molar-refractivity contribution >= 4 is 0 Å². The molecule has 1 aromatic rings. The summed E-state index contributed by atoms with van der Waals surface area (Å²) in [5.41, 5.74) is 1.36. The van der Waals surface area contributed by atoms with Crippen LogP contribution in [0.3, 0.4) is 0 Å². The van der Waals surface area contributed by atoms with Gasteiger partial charge in [-0.2, -0.15) is 0 Å². The lowest BCUT2D eigenvalue weighted by Crippen LogP contribution is -2.16. The van der Waals surface area contributed by atoms with Crippen molar-refractivity contribution in [3.8, 4) is 0 Å². The Hall–Kier alpha value is -0.790. The minimum absolute atomic E-state index is 0.813. The van der Waals surface area contributed by atoms with Crippen molar-refractivity contribution < 1.29 is 0 Å². The summed E-state index contributed by atoms with van der Waals surface area (Å²) >= 11 is 0. The third-order valence-electron chi connectivity index (χ3n) is 3.27. The maximum Gasteiger partial charge on any atom is 0.109 e. The first-order chi connectivity index (χ1) is 6.33. The van der Waals surface area contributed by atoms with Gasteiger partial charge >= 0.3 is 0 Å². The van der Waals surface area contributed by atoms with Crippen LogP contribution in [0.2, 0.25) is 0 Å². The van der Waals surface area contributed by atoms with E-state index in [1.54, 1.807) is 0 Å². The molecule has 0 spiro atoms. The molecule has 13 heavy (non-hydrogen) atoms. The van der Waals surface area contributed by atoms with E-state index >= 15 is 0 Å². The molecule has 1 aromatic heterocycles. The van der Waals surface area contributed by atoms with E-state index in [0.717, 1.165) is 11.8 Å². The van der Waals surface area contributed by atoms with E-state index in [1.807, 2.05) is 0 Å². The highest BCUT2D eigenvalue weighted by molar-refractivity contribution is 5.15. The van der Waals surface area contributed by atoms with Crippen LogP contribution in [-0.4, -0.2) is 9.55 Å². The fourth-order valence-electron chi connectivity index (χ4n) is 2.18. The number of fused-ring (bicyclic) bond motifs is 1. The lowest BCUT2D eigenvalue weighted by atomic mass is 10.0.